The Morgan fingerprint density at radius 3 is 2.95 bits per heavy atom. The first-order valence-electron chi connectivity index (χ1n) is 6.12. The first kappa shape index (κ1) is 12.7. The van der Waals surface area contributed by atoms with Crippen molar-refractivity contribution in [3.8, 4) is 0 Å². The summed E-state index contributed by atoms with van der Waals surface area (Å²) in [5.74, 6) is -0.576. The fourth-order valence-electron chi connectivity index (χ4n) is 2.33. The third kappa shape index (κ3) is 1.96. The molecule has 0 saturated heterocycles. The summed E-state index contributed by atoms with van der Waals surface area (Å²) in [7, 11) is 0. The molecule has 0 spiro atoms. The van der Waals surface area contributed by atoms with Crippen molar-refractivity contribution in [2.24, 2.45) is 0 Å². The number of carboxylic acids is 1. The molecule has 20 heavy (non-hydrogen) atoms. The van der Waals surface area contributed by atoms with E-state index in [9.17, 15) is 9.59 Å². The number of anilines is 1. The first-order chi connectivity index (χ1) is 9.58. The van der Waals surface area contributed by atoms with Crippen molar-refractivity contribution >= 4 is 40.8 Å². The maximum absolute atomic E-state index is 12.3. The number of nitrogens with zero attached hydrogens (tertiary/aromatic N) is 2. The van der Waals surface area contributed by atoms with E-state index in [1.165, 1.54) is 4.57 Å². The van der Waals surface area contributed by atoms with Crippen LogP contribution in [0.1, 0.15) is 17.6 Å². The molecule has 0 fully saturated rings. The molecular formula is C13H11N3O3S. The number of nitrogens with one attached hydrogen (secondary N) is 1. The van der Waals surface area contributed by atoms with Gasteiger partial charge in [0.05, 0.1) is 5.52 Å². The predicted molar refractivity (Wildman–Crippen MR) is 75.5 cm³/mol. The van der Waals surface area contributed by atoms with E-state index in [2.05, 4.69) is 10.3 Å². The van der Waals surface area contributed by atoms with Crippen LogP contribution in [0.4, 0.5) is 5.82 Å². The largest absolute Gasteiger partial charge is 0.481 e. The molecule has 7 heteroatoms. The number of rotatable bonds is 3. The van der Waals surface area contributed by atoms with E-state index >= 15 is 0 Å². The Morgan fingerprint density at radius 1 is 1.45 bits per heavy atom. The minimum atomic E-state index is -0.929. The van der Waals surface area contributed by atoms with Gasteiger partial charge in [-0.2, -0.15) is 0 Å². The number of hydrogen-bond donors (Lipinski definition) is 2. The summed E-state index contributed by atoms with van der Waals surface area (Å²) < 4.78 is 1.54. The van der Waals surface area contributed by atoms with E-state index in [0.717, 1.165) is 5.39 Å². The zero-order chi connectivity index (χ0) is 14.3. The number of para-hydroxylation sites is 1. The lowest BCUT2D eigenvalue weighted by Crippen LogP contribution is -2.25. The van der Waals surface area contributed by atoms with Crippen molar-refractivity contribution in [3.05, 3.63) is 29.0 Å². The van der Waals surface area contributed by atoms with Crippen LogP contribution < -0.4 is 5.32 Å². The number of carbonyl (C=O) groups excluding carboxylic acids is 1. The van der Waals surface area contributed by atoms with Crippen LogP contribution in [0.25, 0.3) is 10.9 Å². The molecule has 1 aromatic carbocycles. The molecule has 0 saturated carbocycles. The fourth-order valence-corrected chi connectivity index (χ4v) is 2.61. The summed E-state index contributed by atoms with van der Waals surface area (Å²) >= 11 is 5.15. The molecule has 1 aliphatic heterocycles. The normalized spacial score (nSPS) is 17.0. The van der Waals surface area contributed by atoms with Gasteiger partial charge in [0.15, 0.2) is 0 Å². The van der Waals surface area contributed by atoms with Crippen LogP contribution in [0.15, 0.2) is 24.3 Å². The highest BCUT2D eigenvalue weighted by atomic mass is 32.1. The van der Waals surface area contributed by atoms with Crippen LogP contribution in [-0.2, 0) is 4.79 Å². The van der Waals surface area contributed by atoms with E-state index in [-0.39, 0.29) is 23.5 Å². The zero-order valence-electron chi connectivity index (χ0n) is 10.4. The van der Waals surface area contributed by atoms with Crippen molar-refractivity contribution in [2.45, 2.75) is 18.9 Å². The summed E-state index contributed by atoms with van der Waals surface area (Å²) in [6.07, 6.45) is 0.148. The minimum Gasteiger partial charge on any atom is -0.481 e. The van der Waals surface area contributed by atoms with Gasteiger partial charge in [-0.05, 0) is 30.8 Å². The van der Waals surface area contributed by atoms with E-state index in [1.807, 2.05) is 24.3 Å². The number of benzene rings is 1. The molecule has 1 aromatic heterocycles. The Labute approximate surface area is 119 Å². The minimum absolute atomic E-state index is 0.0733. The molecular weight excluding hydrogens is 278 g/mol. The molecule has 0 amide bonds. The molecule has 1 atom stereocenters. The quantitative estimate of drug-likeness (QED) is 0.841. The maximum atomic E-state index is 12.3. The highest BCUT2D eigenvalue weighted by Gasteiger charge is 2.31. The highest BCUT2D eigenvalue weighted by molar-refractivity contribution is 7.71. The monoisotopic (exact) mass is 289 g/mol. The Balaban J connectivity index is 2.08. The third-order valence-corrected chi connectivity index (χ3v) is 3.54. The van der Waals surface area contributed by atoms with Crippen molar-refractivity contribution in [1.82, 2.24) is 9.55 Å². The standard InChI is InChI=1S/C13H11N3O3S/c17-10(18)6-5-9-12(19)16-11(14-9)7-3-1-2-4-8(7)15-13(16)20/h1-4,9,14H,5-6H2,(H,17,18)/t9-/m0/s1. The molecule has 0 bridgehead atoms. The van der Waals surface area contributed by atoms with Crippen molar-refractivity contribution in [3.63, 3.8) is 0 Å². The Bertz CT molecular complexity index is 784. The number of hydrogen-bond acceptors (Lipinski definition) is 5. The Kier molecular flexibility index (Phi) is 2.98. The van der Waals surface area contributed by atoms with Crippen LogP contribution in [0.5, 0.6) is 0 Å². The van der Waals surface area contributed by atoms with Crippen molar-refractivity contribution in [1.29, 1.82) is 0 Å². The van der Waals surface area contributed by atoms with Gasteiger partial charge >= 0.3 is 5.97 Å². The van der Waals surface area contributed by atoms with Gasteiger partial charge < -0.3 is 10.4 Å². The molecule has 2 heterocycles. The van der Waals surface area contributed by atoms with Gasteiger partial charge in [-0.1, -0.05) is 12.1 Å². The highest BCUT2D eigenvalue weighted by Crippen LogP contribution is 2.28. The molecule has 2 N–H and O–H groups in total. The summed E-state index contributed by atoms with van der Waals surface area (Å²) in [5.41, 5.74) is 0.711. The van der Waals surface area contributed by atoms with E-state index in [0.29, 0.717) is 11.3 Å². The van der Waals surface area contributed by atoms with E-state index in [4.69, 9.17) is 17.3 Å². The smallest absolute Gasteiger partial charge is 0.303 e. The van der Waals surface area contributed by atoms with Gasteiger partial charge in [-0.25, -0.2) is 9.55 Å². The number of carboxylic acid groups (broad SMARTS) is 1. The number of carbonyl (C=O) groups is 2. The maximum Gasteiger partial charge on any atom is 0.303 e. The van der Waals surface area contributed by atoms with Crippen molar-refractivity contribution in [2.75, 3.05) is 5.32 Å². The van der Waals surface area contributed by atoms with Crippen molar-refractivity contribution < 1.29 is 14.7 Å². The van der Waals surface area contributed by atoms with Gasteiger partial charge in [-0.3, -0.25) is 9.59 Å². The summed E-state index contributed by atoms with van der Waals surface area (Å²) in [6.45, 7) is 0. The topological polar surface area (TPSA) is 84.2 Å². The van der Waals surface area contributed by atoms with Crippen LogP contribution >= 0.6 is 12.2 Å². The summed E-state index contributed by atoms with van der Waals surface area (Å²) in [4.78, 5) is 27.1. The second-order valence-corrected chi connectivity index (χ2v) is 4.93. The van der Waals surface area contributed by atoms with Gasteiger partial charge in [0.2, 0.25) is 4.77 Å². The fraction of sp³-hybridized carbons (Fsp3) is 0.231. The van der Waals surface area contributed by atoms with Gasteiger partial charge in [0, 0.05) is 11.8 Å². The molecule has 102 valence electrons. The third-order valence-electron chi connectivity index (χ3n) is 3.27. The van der Waals surface area contributed by atoms with Crippen LogP contribution in [0, 0.1) is 4.77 Å². The van der Waals surface area contributed by atoms with E-state index < -0.39 is 12.0 Å². The summed E-state index contributed by atoms with van der Waals surface area (Å²) in [6, 6.07) is 6.80. The van der Waals surface area contributed by atoms with Gasteiger partial charge in [-0.15, -0.1) is 0 Å². The lowest BCUT2D eigenvalue weighted by molar-refractivity contribution is -0.137. The lowest BCUT2D eigenvalue weighted by Gasteiger charge is -2.06. The van der Waals surface area contributed by atoms with Gasteiger partial charge in [0.1, 0.15) is 11.9 Å². The van der Waals surface area contributed by atoms with Crippen LogP contribution in [0.2, 0.25) is 0 Å². The average molecular weight is 289 g/mol. The van der Waals surface area contributed by atoms with Crippen LogP contribution in [-0.4, -0.2) is 32.6 Å². The number of aliphatic carboxylic acids is 1. The lowest BCUT2D eigenvalue weighted by atomic mass is 10.1. The summed E-state index contributed by atoms with van der Waals surface area (Å²) in [5, 5.41) is 12.6. The molecule has 1 aliphatic rings. The number of fused-ring (bicyclic) bond motifs is 3. The predicted octanol–water partition coefficient (Wildman–Crippen LogP) is 2.06. The SMILES string of the molecule is O=C(O)CC[C@@H]1Nc2c3ccccc3nc(=S)n2C1=O. The molecule has 6 nitrogen and oxygen atoms in total. The molecule has 0 aliphatic carbocycles. The first-order valence-corrected chi connectivity index (χ1v) is 6.53. The zero-order valence-corrected chi connectivity index (χ0v) is 11.2. The molecule has 0 unspecified atom stereocenters. The molecule has 3 rings (SSSR count). The molecule has 2 aromatic rings. The van der Waals surface area contributed by atoms with E-state index in [1.54, 1.807) is 0 Å². The Hall–Kier alpha value is -2.28. The second kappa shape index (κ2) is 4.68. The second-order valence-electron chi connectivity index (χ2n) is 4.56. The number of aromatic nitrogens is 2. The average Bonchev–Trinajstić information content (AvgIpc) is 2.75. The van der Waals surface area contributed by atoms with Crippen LogP contribution in [0.3, 0.4) is 0 Å². The van der Waals surface area contributed by atoms with Gasteiger partial charge in [0.25, 0.3) is 5.91 Å². The Morgan fingerprint density at radius 2 is 2.20 bits per heavy atom. The molecule has 0 radical (unpaired) electrons.